The van der Waals surface area contributed by atoms with Gasteiger partial charge in [-0.3, -0.25) is 10.3 Å². The third-order valence-electron chi connectivity index (χ3n) is 8.23. The number of piperazine rings is 1. The van der Waals surface area contributed by atoms with Gasteiger partial charge in [-0.15, -0.1) is 5.10 Å². The van der Waals surface area contributed by atoms with Crippen LogP contribution in [0.1, 0.15) is 28.9 Å². The van der Waals surface area contributed by atoms with Gasteiger partial charge in [-0.1, -0.05) is 84.1 Å². The summed E-state index contributed by atoms with van der Waals surface area (Å²) < 4.78 is 3.82. The summed E-state index contributed by atoms with van der Waals surface area (Å²) in [6.07, 6.45) is 5.16. The molecule has 3 aromatic heterocycles. The molecule has 0 radical (unpaired) electrons. The number of nitrogens with zero attached hydrogens (tertiary/aromatic N) is 8. The van der Waals surface area contributed by atoms with Crippen LogP contribution in [0.4, 0.5) is 10.5 Å². The highest BCUT2D eigenvalue weighted by molar-refractivity contribution is 5.89. The van der Waals surface area contributed by atoms with Crippen LogP contribution in [-0.2, 0) is 6.54 Å². The standard InChI is InChI=1S/C33H33N11O/c34-31-28-32(36-22-35-28)43(23-37-31)20-27-21-44(40-39-27)30(25-12-6-2-7-13-25)29(24-10-4-1-5-11-24)41-16-18-42(19-17-41)33(45)38-26-14-8-3-9-15-26/h1-15,21-23,29-30,34H,16-20H2,(H,35,36)(H,38,45)/t29?,30-/m1/s1. The number of amides is 2. The Morgan fingerprint density at radius 1 is 0.844 bits per heavy atom. The number of aromatic nitrogens is 7. The summed E-state index contributed by atoms with van der Waals surface area (Å²) in [5.41, 5.74) is 5.17. The molecule has 1 fully saturated rings. The van der Waals surface area contributed by atoms with Crippen molar-refractivity contribution in [3.63, 3.8) is 0 Å². The zero-order chi connectivity index (χ0) is 30.6. The first-order chi connectivity index (χ1) is 22.1. The predicted octanol–water partition coefficient (Wildman–Crippen LogP) is 4.06. The first-order valence-electron chi connectivity index (χ1n) is 14.9. The van der Waals surface area contributed by atoms with Gasteiger partial charge in [0, 0.05) is 31.9 Å². The van der Waals surface area contributed by atoms with Crippen molar-refractivity contribution >= 4 is 22.9 Å². The number of carbonyl (C=O) groups is 1. The lowest BCUT2D eigenvalue weighted by Crippen LogP contribution is -2.52. The molecule has 2 atom stereocenters. The van der Waals surface area contributed by atoms with Crippen LogP contribution in [0.2, 0.25) is 0 Å². The number of H-pyrrole nitrogens is 1. The minimum atomic E-state index is -0.191. The van der Waals surface area contributed by atoms with E-state index in [4.69, 9.17) is 5.41 Å². The third kappa shape index (κ3) is 5.95. The molecule has 12 nitrogen and oxygen atoms in total. The highest BCUT2D eigenvalue weighted by Gasteiger charge is 2.35. The van der Waals surface area contributed by atoms with E-state index in [1.165, 1.54) is 0 Å². The van der Waals surface area contributed by atoms with Crippen molar-refractivity contribution in [2.24, 2.45) is 0 Å². The maximum absolute atomic E-state index is 13.1. The molecule has 0 spiro atoms. The van der Waals surface area contributed by atoms with E-state index in [2.05, 4.69) is 71.9 Å². The number of imidazole rings is 1. The minimum Gasteiger partial charge on any atom is -0.340 e. The number of carbonyl (C=O) groups excluding carboxylic acids is 1. The van der Waals surface area contributed by atoms with E-state index in [-0.39, 0.29) is 23.6 Å². The number of urea groups is 1. The molecular weight excluding hydrogens is 566 g/mol. The van der Waals surface area contributed by atoms with Gasteiger partial charge >= 0.3 is 6.03 Å². The number of nitrogens with one attached hydrogen (secondary N) is 3. The van der Waals surface area contributed by atoms with Gasteiger partial charge in [0.15, 0.2) is 11.1 Å². The van der Waals surface area contributed by atoms with Gasteiger partial charge in [0.25, 0.3) is 0 Å². The van der Waals surface area contributed by atoms with Crippen molar-refractivity contribution < 1.29 is 4.79 Å². The molecule has 0 aliphatic carbocycles. The Morgan fingerprint density at radius 2 is 1.49 bits per heavy atom. The minimum absolute atomic E-state index is 0.0718. The number of hydrogen-bond acceptors (Lipinski definition) is 7. The van der Waals surface area contributed by atoms with E-state index in [0.717, 1.165) is 22.5 Å². The maximum Gasteiger partial charge on any atom is 0.321 e. The first-order valence-corrected chi connectivity index (χ1v) is 14.9. The van der Waals surface area contributed by atoms with Crippen LogP contribution >= 0.6 is 0 Å². The summed E-state index contributed by atoms with van der Waals surface area (Å²) in [5.74, 6) is 0. The van der Waals surface area contributed by atoms with Crippen molar-refractivity contribution in [2.75, 3.05) is 31.5 Å². The topological polar surface area (TPSA) is 137 Å². The average Bonchev–Trinajstić information content (AvgIpc) is 3.77. The molecule has 1 unspecified atom stereocenters. The number of rotatable bonds is 8. The van der Waals surface area contributed by atoms with Gasteiger partial charge < -0.3 is 19.8 Å². The summed E-state index contributed by atoms with van der Waals surface area (Å²) in [4.78, 5) is 29.0. The zero-order valence-electron chi connectivity index (χ0n) is 24.6. The molecule has 0 saturated carbocycles. The van der Waals surface area contributed by atoms with Crippen LogP contribution in [0, 0.1) is 5.41 Å². The molecule has 3 aromatic carbocycles. The molecule has 0 bridgehead atoms. The van der Waals surface area contributed by atoms with E-state index < -0.39 is 0 Å². The van der Waals surface area contributed by atoms with Gasteiger partial charge in [0.1, 0.15) is 11.2 Å². The first kappa shape index (κ1) is 28.2. The fraction of sp³-hybridized carbons (Fsp3) is 0.212. The quantitative estimate of drug-likeness (QED) is 0.241. The SMILES string of the molecule is N=c1ncn(Cc2cn([C@H](c3ccccc3)C(c3ccccc3)N3CCN(C(=O)Nc4ccccc4)CC3)nn2)c2nc[nH]c12. The Hall–Kier alpha value is -5.62. The second-order valence-corrected chi connectivity index (χ2v) is 11.0. The number of hydrogen-bond donors (Lipinski definition) is 3. The summed E-state index contributed by atoms with van der Waals surface area (Å²) in [5, 5.41) is 20.3. The van der Waals surface area contributed by atoms with Crippen molar-refractivity contribution in [1.29, 1.82) is 5.41 Å². The van der Waals surface area contributed by atoms with E-state index in [9.17, 15) is 4.79 Å². The van der Waals surface area contributed by atoms with E-state index in [0.29, 0.717) is 43.9 Å². The lowest BCUT2D eigenvalue weighted by molar-refractivity contribution is 0.0910. The molecule has 6 aromatic rings. The molecule has 4 heterocycles. The maximum atomic E-state index is 13.1. The second-order valence-electron chi connectivity index (χ2n) is 11.0. The number of benzene rings is 3. The average molecular weight is 600 g/mol. The Kier molecular flexibility index (Phi) is 7.85. The molecule has 226 valence electrons. The molecule has 3 N–H and O–H groups in total. The van der Waals surface area contributed by atoms with Crippen molar-refractivity contribution in [3.8, 4) is 0 Å². The third-order valence-corrected chi connectivity index (χ3v) is 8.23. The number of aromatic amines is 1. The zero-order valence-corrected chi connectivity index (χ0v) is 24.6. The fourth-order valence-corrected chi connectivity index (χ4v) is 6.04. The Labute approximate surface area is 259 Å². The highest BCUT2D eigenvalue weighted by Crippen LogP contribution is 2.37. The van der Waals surface area contributed by atoms with E-state index >= 15 is 0 Å². The normalized spacial score (nSPS) is 15.2. The Morgan fingerprint density at radius 3 is 2.18 bits per heavy atom. The molecule has 7 rings (SSSR count). The Bertz CT molecular complexity index is 1930. The van der Waals surface area contributed by atoms with E-state index in [1.807, 2.05) is 74.9 Å². The molecule has 2 amide bonds. The number of fused-ring (bicyclic) bond motifs is 1. The van der Waals surface area contributed by atoms with Crippen LogP contribution < -0.4 is 10.8 Å². The van der Waals surface area contributed by atoms with Gasteiger partial charge in [0.05, 0.1) is 37.5 Å². The molecule has 1 aliphatic heterocycles. The van der Waals surface area contributed by atoms with Crippen LogP contribution in [0.5, 0.6) is 0 Å². The number of para-hydroxylation sites is 1. The predicted molar refractivity (Wildman–Crippen MR) is 169 cm³/mol. The van der Waals surface area contributed by atoms with Crippen LogP contribution in [0.3, 0.4) is 0 Å². The van der Waals surface area contributed by atoms with Crippen molar-refractivity contribution in [2.45, 2.75) is 18.6 Å². The van der Waals surface area contributed by atoms with Crippen LogP contribution in [0.15, 0.2) is 110 Å². The van der Waals surface area contributed by atoms with Crippen molar-refractivity contribution in [1.82, 2.24) is 44.3 Å². The fourth-order valence-electron chi connectivity index (χ4n) is 6.04. The number of anilines is 1. The summed E-state index contributed by atoms with van der Waals surface area (Å²) in [6.45, 7) is 3.00. The second kappa shape index (κ2) is 12.5. The largest absolute Gasteiger partial charge is 0.340 e. The molecule has 1 aliphatic rings. The highest BCUT2D eigenvalue weighted by atomic mass is 16.2. The lowest BCUT2D eigenvalue weighted by atomic mass is 9.91. The molecule has 12 heteroatoms. The van der Waals surface area contributed by atoms with Crippen molar-refractivity contribution in [3.05, 3.63) is 132 Å². The molecular formula is C33H33N11O. The summed E-state index contributed by atoms with van der Waals surface area (Å²) >= 11 is 0. The summed E-state index contributed by atoms with van der Waals surface area (Å²) in [7, 11) is 0. The monoisotopic (exact) mass is 599 g/mol. The van der Waals surface area contributed by atoms with Gasteiger partial charge in [0.2, 0.25) is 0 Å². The molecule has 45 heavy (non-hydrogen) atoms. The smallest absolute Gasteiger partial charge is 0.321 e. The van der Waals surface area contributed by atoms with Crippen LogP contribution in [0.25, 0.3) is 11.2 Å². The summed E-state index contributed by atoms with van der Waals surface area (Å²) in [6, 6.07) is 30.0. The molecule has 1 saturated heterocycles. The van der Waals surface area contributed by atoms with Gasteiger partial charge in [-0.05, 0) is 23.3 Å². The lowest BCUT2D eigenvalue weighted by Gasteiger charge is -2.42. The van der Waals surface area contributed by atoms with E-state index in [1.54, 1.807) is 12.7 Å². The Balaban J connectivity index is 1.19. The van der Waals surface area contributed by atoms with Gasteiger partial charge in [-0.2, -0.15) is 0 Å². The van der Waals surface area contributed by atoms with Crippen LogP contribution in [-0.4, -0.2) is 76.5 Å². The van der Waals surface area contributed by atoms with Gasteiger partial charge in [-0.25, -0.2) is 19.4 Å².